The van der Waals surface area contributed by atoms with Crippen molar-refractivity contribution < 1.29 is 9.59 Å². The second-order valence-electron chi connectivity index (χ2n) is 4.97. The molecular formula is C16H24N2O2. The van der Waals surface area contributed by atoms with E-state index in [1.54, 1.807) is 4.90 Å². The first-order chi connectivity index (χ1) is 9.63. The van der Waals surface area contributed by atoms with E-state index in [-0.39, 0.29) is 18.2 Å². The molecule has 0 saturated carbocycles. The molecule has 0 aliphatic rings. The summed E-state index contributed by atoms with van der Waals surface area (Å²) in [5, 5.41) is 0. The van der Waals surface area contributed by atoms with Gasteiger partial charge in [0, 0.05) is 25.9 Å². The van der Waals surface area contributed by atoms with Crippen molar-refractivity contribution in [1.82, 2.24) is 4.90 Å². The Balaban J connectivity index is 2.59. The van der Waals surface area contributed by atoms with Crippen molar-refractivity contribution in [3.05, 3.63) is 35.9 Å². The summed E-state index contributed by atoms with van der Waals surface area (Å²) in [5.41, 5.74) is 6.25. The number of nitrogens with two attached hydrogens (primary N) is 1. The Hall–Kier alpha value is -1.84. The van der Waals surface area contributed by atoms with E-state index in [9.17, 15) is 9.59 Å². The molecule has 0 fully saturated rings. The van der Waals surface area contributed by atoms with Crippen LogP contribution in [0.4, 0.5) is 0 Å². The maximum absolute atomic E-state index is 12.2. The molecular weight excluding hydrogens is 252 g/mol. The lowest BCUT2D eigenvalue weighted by molar-refractivity contribution is -0.132. The average molecular weight is 276 g/mol. The summed E-state index contributed by atoms with van der Waals surface area (Å²) >= 11 is 0. The molecule has 0 aliphatic heterocycles. The molecule has 110 valence electrons. The third kappa shape index (κ3) is 6.36. The molecule has 0 unspecified atom stereocenters. The first-order valence-corrected chi connectivity index (χ1v) is 7.23. The van der Waals surface area contributed by atoms with E-state index < -0.39 is 0 Å². The van der Waals surface area contributed by atoms with E-state index >= 15 is 0 Å². The topological polar surface area (TPSA) is 63.4 Å². The molecule has 1 aromatic rings. The maximum atomic E-state index is 12.2. The summed E-state index contributed by atoms with van der Waals surface area (Å²) < 4.78 is 0. The Labute approximate surface area is 121 Å². The third-order valence-corrected chi connectivity index (χ3v) is 3.19. The number of hydrogen-bond acceptors (Lipinski definition) is 2. The summed E-state index contributed by atoms with van der Waals surface area (Å²) in [6.07, 6.45) is 3.80. The quantitative estimate of drug-likeness (QED) is 0.704. The highest BCUT2D eigenvalue weighted by Gasteiger charge is 2.14. The molecule has 0 aromatic heterocycles. The van der Waals surface area contributed by atoms with Gasteiger partial charge in [0.25, 0.3) is 0 Å². The van der Waals surface area contributed by atoms with Gasteiger partial charge in [-0.3, -0.25) is 9.59 Å². The fraction of sp³-hybridized carbons (Fsp3) is 0.500. The van der Waals surface area contributed by atoms with E-state index in [2.05, 4.69) is 6.92 Å². The molecule has 4 nitrogen and oxygen atoms in total. The van der Waals surface area contributed by atoms with E-state index in [4.69, 9.17) is 5.73 Å². The largest absolute Gasteiger partial charge is 0.370 e. The first-order valence-electron chi connectivity index (χ1n) is 7.23. The van der Waals surface area contributed by atoms with Crippen LogP contribution in [0.15, 0.2) is 30.3 Å². The van der Waals surface area contributed by atoms with Crippen LogP contribution in [0, 0.1) is 0 Å². The van der Waals surface area contributed by atoms with Crippen LogP contribution in [-0.2, 0) is 16.1 Å². The Kier molecular flexibility index (Phi) is 7.40. The summed E-state index contributed by atoms with van der Waals surface area (Å²) in [6.45, 7) is 3.05. The molecule has 1 rings (SSSR count). The molecule has 2 N–H and O–H groups in total. The lowest BCUT2D eigenvalue weighted by Gasteiger charge is -2.22. The van der Waals surface area contributed by atoms with Crippen molar-refractivity contribution >= 4 is 11.8 Å². The first kappa shape index (κ1) is 16.2. The molecule has 0 atom stereocenters. The summed E-state index contributed by atoms with van der Waals surface area (Å²) in [7, 11) is 0. The Bertz CT molecular complexity index is 418. The highest BCUT2D eigenvalue weighted by Crippen LogP contribution is 2.09. The Morgan fingerprint density at radius 3 is 2.40 bits per heavy atom. The highest BCUT2D eigenvalue weighted by atomic mass is 16.2. The minimum atomic E-state index is -0.371. The minimum absolute atomic E-state index is 0.101. The van der Waals surface area contributed by atoms with Crippen molar-refractivity contribution in [2.45, 2.75) is 45.6 Å². The van der Waals surface area contributed by atoms with Crippen LogP contribution < -0.4 is 5.73 Å². The molecule has 20 heavy (non-hydrogen) atoms. The van der Waals surface area contributed by atoms with Gasteiger partial charge in [-0.25, -0.2) is 0 Å². The van der Waals surface area contributed by atoms with Gasteiger partial charge in [-0.1, -0.05) is 50.1 Å². The second kappa shape index (κ2) is 9.13. The van der Waals surface area contributed by atoms with Gasteiger partial charge in [0.15, 0.2) is 0 Å². The van der Waals surface area contributed by atoms with Gasteiger partial charge in [0.1, 0.15) is 0 Å². The van der Waals surface area contributed by atoms with E-state index in [1.807, 2.05) is 30.3 Å². The van der Waals surface area contributed by atoms with Crippen molar-refractivity contribution in [2.75, 3.05) is 6.54 Å². The lowest BCUT2D eigenvalue weighted by atomic mass is 10.1. The zero-order valence-electron chi connectivity index (χ0n) is 12.2. The third-order valence-electron chi connectivity index (χ3n) is 3.19. The van der Waals surface area contributed by atoms with E-state index in [0.717, 1.165) is 24.8 Å². The monoisotopic (exact) mass is 276 g/mol. The Morgan fingerprint density at radius 1 is 1.10 bits per heavy atom. The van der Waals surface area contributed by atoms with Crippen LogP contribution in [0.25, 0.3) is 0 Å². The summed E-state index contributed by atoms with van der Waals surface area (Å²) in [5.74, 6) is -0.270. The molecule has 0 aliphatic carbocycles. The van der Waals surface area contributed by atoms with Gasteiger partial charge in [0.2, 0.25) is 11.8 Å². The number of hydrogen-bond donors (Lipinski definition) is 1. The van der Waals surface area contributed by atoms with Gasteiger partial charge in [-0.2, -0.15) is 0 Å². The van der Waals surface area contributed by atoms with Crippen LogP contribution >= 0.6 is 0 Å². The standard InChI is InChI=1S/C16H24N2O2/c1-2-3-5-10-16(20)18(12-11-15(17)19)13-14-8-6-4-7-9-14/h4,6-9H,2-3,5,10-13H2,1H3,(H2,17,19). The molecule has 0 radical (unpaired) electrons. The van der Waals surface area contributed by atoms with Crippen molar-refractivity contribution in [2.24, 2.45) is 5.73 Å². The SMILES string of the molecule is CCCCCC(=O)N(CCC(N)=O)Cc1ccccc1. The molecule has 2 amide bonds. The van der Waals surface area contributed by atoms with Crippen LogP contribution in [0.5, 0.6) is 0 Å². The van der Waals surface area contributed by atoms with Gasteiger partial charge in [-0.15, -0.1) is 0 Å². The average Bonchev–Trinajstić information content (AvgIpc) is 2.44. The summed E-state index contributed by atoms with van der Waals surface area (Å²) in [4.78, 5) is 24.9. The number of amides is 2. The lowest BCUT2D eigenvalue weighted by Crippen LogP contribution is -2.33. The zero-order valence-corrected chi connectivity index (χ0v) is 12.2. The number of carbonyl (C=O) groups excluding carboxylic acids is 2. The molecule has 0 heterocycles. The fourth-order valence-electron chi connectivity index (χ4n) is 2.03. The van der Waals surface area contributed by atoms with Gasteiger partial charge in [-0.05, 0) is 12.0 Å². The second-order valence-corrected chi connectivity index (χ2v) is 4.97. The smallest absolute Gasteiger partial charge is 0.222 e. The fourth-order valence-corrected chi connectivity index (χ4v) is 2.03. The van der Waals surface area contributed by atoms with Crippen LogP contribution in [-0.4, -0.2) is 23.3 Å². The predicted octanol–water partition coefficient (Wildman–Crippen LogP) is 2.47. The van der Waals surface area contributed by atoms with E-state index in [0.29, 0.717) is 19.5 Å². The van der Waals surface area contributed by atoms with Crippen LogP contribution in [0.1, 0.15) is 44.6 Å². The molecule has 0 spiro atoms. The van der Waals surface area contributed by atoms with Crippen LogP contribution in [0.2, 0.25) is 0 Å². The number of primary amides is 1. The van der Waals surface area contributed by atoms with Crippen molar-refractivity contribution in [3.63, 3.8) is 0 Å². The van der Waals surface area contributed by atoms with Crippen molar-refractivity contribution in [1.29, 1.82) is 0 Å². The molecule has 1 aromatic carbocycles. The number of carbonyl (C=O) groups is 2. The Morgan fingerprint density at radius 2 is 1.80 bits per heavy atom. The van der Waals surface area contributed by atoms with Crippen molar-refractivity contribution in [3.8, 4) is 0 Å². The number of nitrogens with zero attached hydrogens (tertiary/aromatic N) is 1. The number of unbranched alkanes of at least 4 members (excludes halogenated alkanes) is 2. The summed E-state index contributed by atoms with van der Waals surface area (Å²) in [6, 6.07) is 9.81. The van der Waals surface area contributed by atoms with Crippen LogP contribution in [0.3, 0.4) is 0 Å². The normalized spacial score (nSPS) is 10.2. The minimum Gasteiger partial charge on any atom is -0.370 e. The molecule has 4 heteroatoms. The van der Waals surface area contributed by atoms with Gasteiger partial charge in [0.05, 0.1) is 0 Å². The predicted molar refractivity (Wildman–Crippen MR) is 79.8 cm³/mol. The van der Waals surface area contributed by atoms with Gasteiger partial charge >= 0.3 is 0 Å². The van der Waals surface area contributed by atoms with E-state index in [1.165, 1.54) is 0 Å². The maximum Gasteiger partial charge on any atom is 0.222 e. The zero-order chi connectivity index (χ0) is 14.8. The van der Waals surface area contributed by atoms with Gasteiger partial charge < -0.3 is 10.6 Å². The number of rotatable bonds is 9. The molecule has 0 saturated heterocycles. The highest BCUT2D eigenvalue weighted by molar-refractivity contribution is 5.78. The number of benzene rings is 1. The molecule has 0 bridgehead atoms.